The maximum absolute atomic E-state index is 10.5. The molecule has 2 aromatic rings. The fourth-order valence-electron chi connectivity index (χ4n) is 2.32. The first-order chi connectivity index (χ1) is 10.4. The minimum absolute atomic E-state index is 0.141. The molecule has 0 spiro atoms. The van der Waals surface area contributed by atoms with Crippen LogP contribution in [-0.2, 0) is 0 Å². The highest BCUT2D eigenvalue weighted by molar-refractivity contribution is 6.31. The zero-order chi connectivity index (χ0) is 16.3. The van der Waals surface area contributed by atoms with Crippen LogP contribution in [0, 0.1) is 17.2 Å². The van der Waals surface area contributed by atoms with Gasteiger partial charge < -0.3 is 10.4 Å². The third-order valence-electron chi connectivity index (χ3n) is 4.25. The van der Waals surface area contributed by atoms with E-state index in [1.807, 2.05) is 19.9 Å². The number of halogens is 1. The van der Waals surface area contributed by atoms with E-state index in [0.717, 1.165) is 17.3 Å². The molecule has 0 aliphatic heterocycles. The number of benzene rings is 1. The van der Waals surface area contributed by atoms with E-state index in [1.165, 1.54) is 6.20 Å². The van der Waals surface area contributed by atoms with E-state index < -0.39 is 5.60 Å². The predicted molar refractivity (Wildman–Crippen MR) is 90.0 cm³/mol. The number of rotatable bonds is 5. The third-order valence-corrected chi connectivity index (χ3v) is 4.48. The van der Waals surface area contributed by atoms with E-state index in [0.29, 0.717) is 22.8 Å². The van der Waals surface area contributed by atoms with Gasteiger partial charge in [-0.05, 0) is 31.0 Å². The fourth-order valence-corrected chi connectivity index (χ4v) is 2.49. The summed E-state index contributed by atoms with van der Waals surface area (Å²) >= 11 is 6.06. The van der Waals surface area contributed by atoms with Gasteiger partial charge in [-0.1, -0.05) is 31.9 Å². The van der Waals surface area contributed by atoms with Crippen LogP contribution in [0.4, 0.5) is 5.69 Å². The Labute approximate surface area is 135 Å². The summed E-state index contributed by atoms with van der Waals surface area (Å²) in [6, 6.07) is 7.50. The molecular formula is C17H20ClN3O. The summed E-state index contributed by atoms with van der Waals surface area (Å²) < 4.78 is 0. The molecule has 2 atom stereocenters. The standard InChI is InChI=1S/C17H20ClN3O/c1-4-11(2)17(3,22)10-21-16-12(8-19)9-20-15-6-5-13(18)7-14(15)16/h5-7,9,11,22H,4,10H2,1-3H3,(H,20,21). The molecule has 0 bridgehead atoms. The maximum atomic E-state index is 10.5. The monoisotopic (exact) mass is 317 g/mol. The van der Waals surface area contributed by atoms with Gasteiger partial charge in [0.25, 0.3) is 0 Å². The van der Waals surface area contributed by atoms with Crippen LogP contribution in [-0.4, -0.2) is 22.2 Å². The molecule has 1 heterocycles. The van der Waals surface area contributed by atoms with E-state index in [9.17, 15) is 10.4 Å². The smallest absolute Gasteiger partial charge is 0.103 e. The van der Waals surface area contributed by atoms with Crippen molar-refractivity contribution in [2.75, 3.05) is 11.9 Å². The number of hydrogen-bond donors (Lipinski definition) is 2. The molecule has 2 rings (SSSR count). The van der Waals surface area contributed by atoms with Crippen molar-refractivity contribution in [2.24, 2.45) is 5.92 Å². The molecule has 0 fully saturated rings. The number of pyridine rings is 1. The molecule has 4 nitrogen and oxygen atoms in total. The number of nitrogens with one attached hydrogen (secondary N) is 1. The van der Waals surface area contributed by atoms with Crippen molar-refractivity contribution in [3.05, 3.63) is 35.0 Å². The number of aliphatic hydroxyl groups is 1. The molecule has 0 saturated heterocycles. The summed E-state index contributed by atoms with van der Waals surface area (Å²) in [6.07, 6.45) is 2.42. The number of fused-ring (bicyclic) bond motifs is 1. The van der Waals surface area contributed by atoms with Gasteiger partial charge in [0.05, 0.1) is 22.4 Å². The third kappa shape index (κ3) is 3.32. The van der Waals surface area contributed by atoms with Crippen LogP contribution in [0.2, 0.25) is 5.02 Å². The Balaban J connectivity index is 2.41. The second-order valence-corrected chi connectivity index (χ2v) is 6.28. The van der Waals surface area contributed by atoms with Crippen LogP contribution >= 0.6 is 11.6 Å². The Hall–Kier alpha value is -1.83. The first kappa shape index (κ1) is 16.5. The number of aromatic nitrogens is 1. The lowest BCUT2D eigenvalue weighted by Gasteiger charge is -2.30. The molecule has 0 saturated carbocycles. The quantitative estimate of drug-likeness (QED) is 0.875. The number of nitrogens with zero attached hydrogens (tertiary/aromatic N) is 2. The molecule has 116 valence electrons. The Morgan fingerprint density at radius 1 is 1.50 bits per heavy atom. The SMILES string of the molecule is CCC(C)C(C)(O)CNc1c(C#N)cnc2ccc(Cl)cc12. The van der Waals surface area contributed by atoms with E-state index in [4.69, 9.17) is 11.6 Å². The zero-order valence-electron chi connectivity index (χ0n) is 13.0. The minimum atomic E-state index is -0.865. The average molecular weight is 318 g/mol. The van der Waals surface area contributed by atoms with Gasteiger partial charge in [-0.3, -0.25) is 4.98 Å². The van der Waals surface area contributed by atoms with Gasteiger partial charge in [0.1, 0.15) is 6.07 Å². The van der Waals surface area contributed by atoms with Gasteiger partial charge >= 0.3 is 0 Å². The fraction of sp³-hybridized carbons (Fsp3) is 0.412. The Bertz CT molecular complexity index is 722. The van der Waals surface area contributed by atoms with Crippen LogP contribution in [0.5, 0.6) is 0 Å². The van der Waals surface area contributed by atoms with Gasteiger partial charge in [-0.2, -0.15) is 5.26 Å². The number of anilines is 1. The van der Waals surface area contributed by atoms with Crippen molar-refractivity contribution >= 4 is 28.2 Å². The highest BCUT2D eigenvalue weighted by Gasteiger charge is 2.27. The van der Waals surface area contributed by atoms with E-state index >= 15 is 0 Å². The van der Waals surface area contributed by atoms with Crippen molar-refractivity contribution in [3.63, 3.8) is 0 Å². The molecule has 5 heteroatoms. The van der Waals surface area contributed by atoms with Gasteiger partial charge in [0, 0.05) is 23.2 Å². The lowest BCUT2D eigenvalue weighted by atomic mass is 9.88. The van der Waals surface area contributed by atoms with Crippen LogP contribution in [0.15, 0.2) is 24.4 Å². The highest BCUT2D eigenvalue weighted by Crippen LogP contribution is 2.29. The summed E-state index contributed by atoms with van der Waals surface area (Å²) in [4.78, 5) is 4.27. The molecule has 1 aromatic heterocycles. The van der Waals surface area contributed by atoms with E-state index in [-0.39, 0.29) is 5.92 Å². The van der Waals surface area contributed by atoms with Crippen molar-refractivity contribution < 1.29 is 5.11 Å². The predicted octanol–water partition coefficient (Wildman–Crippen LogP) is 3.97. The molecule has 0 radical (unpaired) electrons. The normalized spacial score (nSPS) is 15.1. The average Bonchev–Trinajstić information content (AvgIpc) is 2.51. The highest BCUT2D eigenvalue weighted by atomic mass is 35.5. The molecule has 0 aliphatic rings. The summed E-state index contributed by atoms with van der Waals surface area (Å²) in [5.41, 5.74) is 0.998. The van der Waals surface area contributed by atoms with Crippen LogP contribution in [0.3, 0.4) is 0 Å². The van der Waals surface area contributed by atoms with Crippen LogP contribution in [0.25, 0.3) is 10.9 Å². The Morgan fingerprint density at radius 3 is 2.86 bits per heavy atom. The number of nitriles is 1. The molecule has 2 N–H and O–H groups in total. The molecule has 22 heavy (non-hydrogen) atoms. The first-order valence-corrected chi connectivity index (χ1v) is 7.71. The van der Waals surface area contributed by atoms with Crippen LogP contribution in [0.1, 0.15) is 32.8 Å². The molecular weight excluding hydrogens is 298 g/mol. The second kappa shape index (κ2) is 6.51. The van der Waals surface area contributed by atoms with Gasteiger partial charge in [-0.15, -0.1) is 0 Å². The maximum Gasteiger partial charge on any atom is 0.103 e. The summed E-state index contributed by atoms with van der Waals surface area (Å²) in [6.45, 7) is 6.20. The zero-order valence-corrected chi connectivity index (χ0v) is 13.8. The van der Waals surface area contributed by atoms with Gasteiger partial charge in [-0.25, -0.2) is 0 Å². The van der Waals surface area contributed by atoms with E-state index in [2.05, 4.69) is 16.4 Å². The van der Waals surface area contributed by atoms with Gasteiger partial charge in [0.2, 0.25) is 0 Å². The summed E-state index contributed by atoms with van der Waals surface area (Å²) in [5.74, 6) is 0.141. The topological polar surface area (TPSA) is 68.9 Å². The lowest BCUT2D eigenvalue weighted by molar-refractivity contribution is 0.0176. The first-order valence-electron chi connectivity index (χ1n) is 7.33. The van der Waals surface area contributed by atoms with Crippen molar-refractivity contribution in [1.82, 2.24) is 4.98 Å². The van der Waals surface area contributed by atoms with Crippen molar-refractivity contribution in [1.29, 1.82) is 5.26 Å². The van der Waals surface area contributed by atoms with Crippen molar-refractivity contribution in [3.8, 4) is 6.07 Å². The largest absolute Gasteiger partial charge is 0.388 e. The van der Waals surface area contributed by atoms with Crippen LogP contribution < -0.4 is 5.32 Å². The molecule has 0 aliphatic carbocycles. The van der Waals surface area contributed by atoms with E-state index in [1.54, 1.807) is 19.1 Å². The Morgan fingerprint density at radius 2 is 2.23 bits per heavy atom. The molecule has 0 amide bonds. The number of hydrogen-bond acceptors (Lipinski definition) is 4. The molecule has 2 unspecified atom stereocenters. The van der Waals surface area contributed by atoms with Gasteiger partial charge in [0.15, 0.2) is 0 Å². The van der Waals surface area contributed by atoms with Crippen molar-refractivity contribution in [2.45, 2.75) is 32.8 Å². The lowest BCUT2D eigenvalue weighted by Crippen LogP contribution is -2.40. The minimum Gasteiger partial charge on any atom is -0.388 e. The Kier molecular flexibility index (Phi) is 4.90. The second-order valence-electron chi connectivity index (χ2n) is 5.84. The summed E-state index contributed by atoms with van der Waals surface area (Å²) in [5, 5.41) is 24.4. The molecule has 1 aromatic carbocycles. The summed E-state index contributed by atoms with van der Waals surface area (Å²) in [7, 11) is 0.